The Labute approximate surface area is 189 Å². The molecule has 0 radical (unpaired) electrons. The lowest BCUT2D eigenvalue weighted by molar-refractivity contribution is -0.385. The average molecular weight is 454 g/mol. The standard InChI is InChI=1S/C23H20ClN3O5/c1-14-7-6-10-17-20(14)23(30)26(22(17)29)25(21(28)16-9-3-4-11-18(16)24)13-15-8-2-5-12-19(15)27(31)32/h2-9,11-12,14,17,20H,10,13H2,1H3/t14-,17-,20+/m1/s1. The first-order valence-electron chi connectivity index (χ1n) is 10.1. The highest BCUT2D eigenvalue weighted by Gasteiger charge is 2.53. The van der Waals surface area contributed by atoms with E-state index in [-0.39, 0.29) is 34.3 Å². The van der Waals surface area contributed by atoms with E-state index in [1.165, 1.54) is 30.3 Å². The number of nitrogens with zero attached hydrogens (tertiary/aromatic N) is 3. The SMILES string of the molecule is C[C@@H]1C=CC[C@H]2C(=O)N(N(Cc3ccccc3[N+](=O)[O-])C(=O)c3ccccc3Cl)C(=O)[C@@H]12. The van der Waals surface area contributed by atoms with E-state index in [9.17, 15) is 24.5 Å². The zero-order valence-electron chi connectivity index (χ0n) is 17.2. The highest BCUT2D eigenvalue weighted by atomic mass is 35.5. The van der Waals surface area contributed by atoms with Crippen LogP contribution in [0, 0.1) is 27.9 Å². The van der Waals surface area contributed by atoms with Crippen LogP contribution < -0.4 is 0 Å². The van der Waals surface area contributed by atoms with Crippen LogP contribution >= 0.6 is 11.6 Å². The van der Waals surface area contributed by atoms with Crippen molar-refractivity contribution in [1.82, 2.24) is 10.0 Å². The molecule has 0 N–H and O–H groups in total. The number of para-hydroxylation sites is 1. The number of hydrogen-bond donors (Lipinski definition) is 0. The molecule has 3 atom stereocenters. The number of amides is 3. The van der Waals surface area contributed by atoms with Crippen LogP contribution in [0.2, 0.25) is 5.02 Å². The normalized spacial score (nSPS) is 22.1. The molecule has 4 rings (SSSR count). The van der Waals surface area contributed by atoms with Crippen molar-refractivity contribution in [3.05, 3.63) is 86.9 Å². The van der Waals surface area contributed by atoms with Crippen LogP contribution in [0.4, 0.5) is 5.69 Å². The van der Waals surface area contributed by atoms with E-state index in [0.29, 0.717) is 6.42 Å². The Morgan fingerprint density at radius 3 is 2.53 bits per heavy atom. The molecule has 0 saturated carbocycles. The first kappa shape index (κ1) is 21.7. The topological polar surface area (TPSA) is 101 Å². The Hall–Kier alpha value is -3.52. The van der Waals surface area contributed by atoms with Gasteiger partial charge in [0.25, 0.3) is 23.4 Å². The first-order chi connectivity index (χ1) is 15.3. The van der Waals surface area contributed by atoms with Gasteiger partial charge in [-0.2, -0.15) is 5.01 Å². The molecule has 164 valence electrons. The number of carbonyl (C=O) groups excluding carboxylic acids is 3. The van der Waals surface area contributed by atoms with Crippen molar-refractivity contribution in [3.63, 3.8) is 0 Å². The van der Waals surface area contributed by atoms with Gasteiger partial charge in [0.05, 0.1) is 39.5 Å². The minimum absolute atomic E-state index is 0.0920. The number of hydrogen-bond acceptors (Lipinski definition) is 5. The van der Waals surface area contributed by atoms with E-state index in [2.05, 4.69) is 0 Å². The summed E-state index contributed by atoms with van der Waals surface area (Å²) in [6.07, 6.45) is 4.15. The molecule has 2 aliphatic rings. The van der Waals surface area contributed by atoms with E-state index < -0.39 is 34.5 Å². The Morgan fingerprint density at radius 2 is 1.84 bits per heavy atom. The number of halogens is 1. The Bertz CT molecular complexity index is 1150. The monoisotopic (exact) mass is 453 g/mol. The van der Waals surface area contributed by atoms with E-state index in [1.54, 1.807) is 18.2 Å². The highest BCUT2D eigenvalue weighted by Crippen LogP contribution is 2.40. The number of hydrazine groups is 1. The van der Waals surface area contributed by atoms with Crippen molar-refractivity contribution >= 4 is 35.0 Å². The zero-order chi connectivity index (χ0) is 23.0. The summed E-state index contributed by atoms with van der Waals surface area (Å²) < 4.78 is 0. The molecule has 1 heterocycles. The van der Waals surface area contributed by atoms with Gasteiger partial charge < -0.3 is 0 Å². The van der Waals surface area contributed by atoms with Crippen LogP contribution in [-0.2, 0) is 16.1 Å². The molecule has 1 saturated heterocycles. The number of imide groups is 1. The lowest BCUT2D eigenvalue weighted by atomic mass is 9.78. The van der Waals surface area contributed by atoms with Crippen LogP contribution in [0.1, 0.15) is 29.3 Å². The summed E-state index contributed by atoms with van der Waals surface area (Å²) in [5.74, 6) is -2.99. The lowest BCUT2D eigenvalue weighted by Gasteiger charge is -2.31. The molecule has 3 amide bonds. The molecular weight excluding hydrogens is 434 g/mol. The molecule has 9 heteroatoms. The molecule has 0 unspecified atom stereocenters. The molecule has 0 bridgehead atoms. The van der Waals surface area contributed by atoms with Crippen LogP contribution in [0.5, 0.6) is 0 Å². The molecule has 0 aromatic heterocycles. The summed E-state index contributed by atoms with van der Waals surface area (Å²) in [6.45, 7) is 1.52. The van der Waals surface area contributed by atoms with Crippen LogP contribution in [-0.4, -0.2) is 32.7 Å². The second-order valence-corrected chi connectivity index (χ2v) is 8.28. The van der Waals surface area contributed by atoms with Crippen molar-refractivity contribution in [2.75, 3.05) is 0 Å². The van der Waals surface area contributed by atoms with Gasteiger partial charge in [-0.05, 0) is 24.5 Å². The van der Waals surface area contributed by atoms with Gasteiger partial charge in [0.1, 0.15) is 0 Å². The third kappa shape index (κ3) is 3.67. The zero-order valence-corrected chi connectivity index (χ0v) is 17.9. The fourth-order valence-corrected chi connectivity index (χ4v) is 4.58. The van der Waals surface area contributed by atoms with Gasteiger partial charge >= 0.3 is 0 Å². The van der Waals surface area contributed by atoms with Crippen molar-refractivity contribution in [2.45, 2.75) is 19.9 Å². The summed E-state index contributed by atoms with van der Waals surface area (Å²) in [4.78, 5) is 51.1. The Morgan fingerprint density at radius 1 is 1.16 bits per heavy atom. The number of rotatable bonds is 5. The molecule has 32 heavy (non-hydrogen) atoms. The maximum absolute atomic E-state index is 13.5. The van der Waals surface area contributed by atoms with E-state index in [4.69, 9.17) is 11.6 Å². The van der Waals surface area contributed by atoms with Gasteiger partial charge in [0, 0.05) is 6.07 Å². The predicted octanol–water partition coefficient (Wildman–Crippen LogP) is 4.00. The number of nitro benzene ring substituents is 1. The van der Waals surface area contributed by atoms with E-state index >= 15 is 0 Å². The van der Waals surface area contributed by atoms with Crippen LogP contribution in [0.15, 0.2) is 60.7 Å². The number of carbonyl (C=O) groups is 3. The fraction of sp³-hybridized carbons (Fsp3) is 0.261. The number of allylic oxidation sites excluding steroid dienone is 2. The summed E-state index contributed by atoms with van der Waals surface area (Å²) in [5, 5.41) is 13.5. The molecule has 1 aliphatic heterocycles. The van der Waals surface area contributed by atoms with Gasteiger partial charge in [-0.3, -0.25) is 24.5 Å². The summed E-state index contributed by atoms with van der Waals surface area (Å²) in [7, 11) is 0. The largest absolute Gasteiger partial charge is 0.274 e. The van der Waals surface area contributed by atoms with Crippen molar-refractivity contribution < 1.29 is 19.3 Å². The Balaban J connectivity index is 1.79. The smallest absolute Gasteiger partial charge is 0.272 e. The lowest BCUT2D eigenvalue weighted by Crippen LogP contribution is -2.50. The maximum atomic E-state index is 13.5. The molecule has 1 aliphatic carbocycles. The summed E-state index contributed by atoms with van der Waals surface area (Å²) in [5.41, 5.74) is 0.0740. The summed E-state index contributed by atoms with van der Waals surface area (Å²) in [6, 6.07) is 12.2. The van der Waals surface area contributed by atoms with Gasteiger partial charge in [0.2, 0.25) is 0 Å². The van der Waals surface area contributed by atoms with Crippen LogP contribution in [0.3, 0.4) is 0 Å². The van der Waals surface area contributed by atoms with Crippen molar-refractivity contribution in [3.8, 4) is 0 Å². The highest BCUT2D eigenvalue weighted by molar-refractivity contribution is 6.33. The molecule has 1 fully saturated rings. The summed E-state index contributed by atoms with van der Waals surface area (Å²) >= 11 is 6.22. The fourth-order valence-electron chi connectivity index (χ4n) is 4.36. The van der Waals surface area contributed by atoms with Crippen LogP contribution in [0.25, 0.3) is 0 Å². The van der Waals surface area contributed by atoms with Gasteiger partial charge in [-0.1, -0.05) is 61.0 Å². The average Bonchev–Trinajstić information content (AvgIpc) is 3.03. The maximum Gasteiger partial charge on any atom is 0.274 e. The second kappa shape index (κ2) is 8.55. The third-order valence-corrected chi connectivity index (χ3v) is 6.27. The number of fused-ring (bicyclic) bond motifs is 1. The predicted molar refractivity (Wildman–Crippen MR) is 116 cm³/mol. The minimum Gasteiger partial charge on any atom is -0.272 e. The minimum atomic E-state index is -0.685. The number of benzene rings is 2. The second-order valence-electron chi connectivity index (χ2n) is 7.87. The van der Waals surface area contributed by atoms with Crippen molar-refractivity contribution in [2.24, 2.45) is 17.8 Å². The first-order valence-corrected chi connectivity index (χ1v) is 10.5. The molecule has 2 aromatic rings. The molecule has 2 aromatic carbocycles. The van der Waals surface area contributed by atoms with E-state index in [1.807, 2.05) is 19.1 Å². The molecule has 0 spiro atoms. The number of nitro groups is 1. The molecule has 8 nitrogen and oxygen atoms in total. The van der Waals surface area contributed by atoms with Gasteiger partial charge in [-0.15, -0.1) is 0 Å². The van der Waals surface area contributed by atoms with Gasteiger partial charge in [0.15, 0.2) is 0 Å². The quantitative estimate of drug-likeness (QED) is 0.295. The van der Waals surface area contributed by atoms with Gasteiger partial charge in [-0.25, -0.2) is 5.01 Å². The Kier molecular flexibility index (Phi) is 5.80. The molecular formula is C23H20ClN3O5. The van der Waals surface area contributed by atoms with E-state index in [0.717, 1.165) is 10.0 Å². The van der Waals surface area contributed by atoms with Crippen molar-refractivity contribution in [1.29, 1.82) is 0 Å². The third-order valence-electron chi connectivity index (χ3n) is 5.94.